The molecule has 0 radical (unpaired) electrons. The second-order valence-electron chi connectivity index (χ2n) is 3.06. The summed E-state index contributed by atoms with van der Waals surface area (Å²) in [5.41, 5.74) is 1.70. The van der Waals surface area contributed by atoms with E-state index in [0.717, 1.165) is 11.1 Å². The molecule has 0 spiro atoms. The monoisotopic (exact) mass is 204 g/mol. The highest BCUT2D eigenvalue weighted by Crippen LogP contribution is 2.18. The molecule has 15 heavy (non-hydrogen) atoms. The van der Waals surface area contributed by atoms with Crippen molar-refractivity contribution in [3.05, 3.63) is 40.8 Å². The largest absolute Gasteiger partial charge is 0.363 e. The highest BCUT2D eigenvalue weighted by molar-refractivity contribution is 5.61. The van der Waals surface area contributed by atoms with Crippen LogP contribution < -0.4 is 0 Å². The topological polar surface area (TPSA) is 73.8 Å². The van der Waals surface area contributed by atoms with Crippen molar-refractivity contribution >= 4 is 5.82 Å². The number of hydrogen-bond acceptors (Lipinski definition) is 4. The number of aryl methyl sites for hydroxylation is 1. The first-order valence-corrected chi connectivity index (χ1v) is 4.26. The van der Waals surface area contributed by atoms with Gasteiger partial charge < -0.3 is 10.1 Å². The van der Waals surface area contributed by atoms with E-state index in [2.05, 4.69) is 10.1 Å². The summed E-state index contributed by atoms with van der Waals surface area (Å²) in [7, 11) is 1.81. The molecule has 0 aliphatic rings. The van der Waals surface area contributed by atoms with Crippen LogP contribution in [0.2, 0.25) is 0 Å². The van der Waals surface area contributed by atoms with E-state index in [-0.39, 0.29) is 5.82 Å². The highest BCUT2D eigenvalue weighted by Gasteiger charge is 2.08. The van der Waals surface area contributed by atoms with E-state index in [4.69, 9.17) is 0 Å². The van der Waals surface area contributed by atoms with Crippen LogP contribution in [0.1, 0.15) is 0 Å². The van der Waals surface area contributed by atoms with Crippen LogP contribution in [0.4, 0.5) is 5.82 Å². The summed E-state index contributed by atoms with van der Waals surface area (Å²) in [5.74, 6) is -0.150. The molecule has 0 saturated carbocycles. The van der Waals surface area contributed by atoms with Gasteiger partial charge >= 0.3 is 5.82 Å². The van der Waals surface area contributed by atoms with Gasteiger partial charge in [0.1, 0.15) is 6.20 Å². The first-order chi connectivity index (χ1) is 7.16. The maximum Gasteiger partial charge on any atom is 0.363 e. The molecule has 0 saturated heterocycles. The van der Waals surface area contributed by atoms with Gasteiger partial charge in [0.15, 0.2) is 0 Å². The van der Waals surface area contributed by atoms with Crippen LogP contribution in [0, 0.1) is 10.1 Å². The van der Waals surface area contributed by atoms with Crippen molar-refractivity contribution in [2.45, 2.75) is 0 Å². The van der Waals surface area contributed by atoms with Crippen molar-refractivity contribution in [1.29, 1.82) is 0 Å². The van der Waals surface area contributed by atoms with E-state index >= 15 is 0 Å². The third-order valence-corrected chi connectivity index (χ3v) is 1.97. The second-order valence-corrected chi connectivity index (χ2v) is 3.06. The summed E-state index contributed by atoms with van der Waals surface area (Å²) >= 11 is 0. The third kappa shape index (κ3) is 1.83. The van der Waals surface area contributed by atoms with E-state index in [1.807, 2.05) is 13.2 Å². The van der Waals surface area contributed by atoms with Crippen LogP contribution in [0.3, 0.4) is 0 Å². The maximum atomic E-state index is 10.4. The maximum absolute atomic E-state index is 10.4. The molecule has 0 bridgehead atoms. The molecule has 0 unspecified atom stereocenters. The van der Waals surface area contributed by atoms with E-state index in [1.165, 1.54) is 12.3 Å². The van der Waals surface area contributed by atoms with Crippen LogP contribution in [-0.2, 0) is 7.05 Å². The molecule has 2 heterocycles. The van der Waals surface area contributed by atoms with E-state index in [9.17, 15) is 10.1 Å². The zero-order valence-electron chi connectivity index (χ0n) is 7.99. The lowest BCUT2D eigenvalue weighted by atomic mass is 10.2. The Morgan fingerprint density at radius 3 is 2.60 bits per heavy atom. The fourth-order valence-electron chi connectivity index (χ4n) is 1.24. The number of pyridine rings is 1. The minimum Gasteiger partial charge on any atom is -0.358 e. The average Bonchev–Trinajstić information content (AvgIpc) is 2.65. The van der Waals surface area contributed by atoms with E-state index in [0.29, 0.717) is 0 Å². The quantitative estimate of drug-likeness (QED) is 0.547. The van der Waals surface area contributed by atoms with Gasteiger partial charge in [0.05, 0.1) is 6.20 Å². The standard InChI is InChI=1S/C9H8N4O2/c1-12-6-8(5-11-12)7-2-3-9(10-4-7)13(14)15/h2-6H,1H3. The predicted octanol–water partition coefficient (Wildman–Crippen LogP) is 1.39. The summed E-state index contributed by atoms with van der Waals surface area (Å²) in [5, 5.41) is 14.4. The molecule has 6 nitrogen and oxygen atoms in total. The lowest BCUT2D eigenvalue weighted by molar-refractivity contribution is -0.389. The normalized spacial score (nSPS) is 10.2. The number of hydrogen-bond donors (Lipinski definition) is 0. The molecule has 0 atom stereocenters. The first-order valence-electron chi connectivity index (χ1n) is 4.26. The molecule has 6 heteroatoms. The molecule has 76 valence electrons. The number of rotatable bonds is 2. The van der Waals surface area contributed by atoms with Crippen LogP contribution in [0.5, 0.6) is 0 Å². The summed E-state index contributed by atoms with van der Waals surface area (Å²) in [4.78, 5) is 13.6. The number of nitro groups is 1. The van der Waals surface area contributed by atoms with Gasteiger partial charge in [-0.3, -0.25) is 4.68 Å². The lowest BCUT2D eigenvalue weighted by Crippen LogP contribution is -1.91. The van der Waals surface area contributed by atoms with Gasteiger partial charge in [0.25, 0.3) is 0 Å². The van der Waals surface area contributed by atoms with Crippen molar-refractivity contribution < 1.29 is 4.92 Å². The minimum absolute atomic E-state index is 0.150. The second kappa shape index (κ2) is 3.49. The van der Waals surface area contributed by atoms with Crippen LogP contribution in [0.15, 0.2) is 30.7 Å². The van der Waals surface area contributed by atoms with Gasteiger partial charge in [-0.25, -0.2) is 0 Å². The predicted molar refractivity (Wildman–Crippen MR) is 53.1 cm³/mol. The molecule has 0 aliphatic carbocycles. The van der Waals surface area contributed by atoms with Gasteiger partial charge in [-0.1, -0.05) is 0 Å². The minimum atomic E-state index is -0.521. The Hall–Kier alpha value is -2.24. The molecular formula is C9H8N4O2. The van der Waals surface area contributed by atoms with Gasteiger partial charge in [-0.15, -0.1) is 0 Å². The lowest BCUT2D eigenvalue weighted by Gasteiger charge is -1.93. The third-order valence-electron chi connectivity index (χ3n) is 1.97. The fourth-order valence-corrected chi connectivity index (χ4v) is 1.24. The van der Waals surface area contributed by atoms with Gasteiger partial charge in [0, 0.05) is 30.4 Å². The Morgan fingerprint density at radius 1 is 1.33 bits per heavy atom. The summed E-state index contributed by atoms with van der Waals surface area (Å²) < 4.78 is 1.66. The SMILES string of the molecule is Cn1cc(-c2ccc([N+](=O)[O-])nc2)cn1. The van der Waals surface area contributed by atoms with Crippen molar-refractivity contribution in [2.75, 3.05) is 0 Å². The Bertz CT molecular complexity index is 489. The molecule has 0 aliphatic heterocycles. The van der Waals surface area contributed by atoms with Gasteiger partial charge in [0.2, 0.25) is 0 Å². The van der Waals surface area contributed by atoms with Crippen molar-refractivity contribution in [3.8, 4) is 11.1 Å². The van der Waals surface area contributed by atoms with Crippen LogP contribution >= 0.6 is 0 Å². The Labute approximate surface area is 85.3 Å². The molecule has 0 N–H and O–H groups in total. The molecule has 2 rings (SSSR count). The summed E-state index contributed by atoms with van der Waals surface area (Å²) in [6, 6.07) is 3.03. The van der Waals surface area contributed by atoms with Gasteiger partial charge in [-0.05, 0) is 16.0 Å². The highest BCUT2D eigenvalue weighted by atomic mass is 16.6. The Kier molecular flexibility index (Phi) is 2.17. The fraction of sp³-hybridized carbons (Fsp3) is 0.111. The van der Waals surface area contributed by atoms with Crippen LogP contribution in [0.25, 0.3) is 11.1 Å². The van der Waals surface area contributed by atoms with E-state index in [1.54, 1.807) is 16.9 Å². The smallest absolute Gasteiger partial charge is 0.358 e. The van der Waals surface area contributed by atoms with Crippen molar-refractivity contribution in [1.82, 2.24) is 14.8 Å². The molecular weight excluding hydrogens is 196 g/mol. The molecule has 0 aromatic carbocycles. The number of aromatic nitrogens is 3. The Balaban J connectivity index is 2.35. The molecule has 2 aromatic rings. The molecule has 2 aromatic heterocycles. The summed E-state index contributed by atoms with van der Waals surface area (Å²) in [6.07, 6.45) is 4.97. The average molecular weight is 204 g/mol. The number of nitrogens with zero attached hydrogens (tertiary/aromatic N) is 4. The zero-order chi connectivity index (χ0) is 10.8. The van der Waals surface area contributed by atoms with Crippen molar-refractivity contribution in [2.24, 2.45) is 7.05 Å². The van der Waals surface area contributed by atoms with E-state index < -0.39 is 4.92 Å². The van der Waals surface area contributed by atoms with Crippen LogP contribution in [-0.4, -0.2) is 19.7 Å². The Morgan fingerprint density at radius 2 is 2.13 bits per heavy atom. The molecule has 0 fully saturated rings. The zero-order valence-corrected chi connectivity index (χ0v) is 7.99. The summed E-state index contributed by atoms with van der Waals surface area (Å²) in [6.45, 7) is 0. The van der Waals surface area contributed by atoms with Gasteiger partial charge in [-0.2, -0.15) is 5.10 Å². The van der Waals surface area contributed by atoms with Crippen molar-refractivity contribution in [3.63, 3.8) is 0 Å². The molecule has 0 amide bonds. The first kappa shape index (κ1) is 9.32.